The molecule has 1 heterocycles. The third-order valence-corrected chi connectivity index (χ3v) is 4.19. The molecular formula is C20H26N2O2. The Kier molecular flexibility index (Phi) is 6.94. The zero-order chi connectivity index (χ0) is 17.4. The van der Waals surface area contributed by atoms with Gasteiger partial charge < -0.3 is 10.4 Å². The molecule has 1 unspecified atom stereocenters. The molecule has 2 N–H and O–H groups in total. The summed E-state index contributed by atoms with van der Waals surface area (Å²) in [5.41, 5.74) is 3.24. The van der Waals surface area contributed by atoms with Gasteiger partial charge in [-0.1, -0.05) is 43.7 Å². The fraction of sp³-hybridized carbons (Fsp3) is 0.400. The number of pyridine rings is 1. The first-order chi connectivity index (χ1) is 11.7. The standard InChI is InChI=1S/C20H26N2O2/c1-3-7-16(12-13-23)14-21-20(24)18-10-11-19(22-15(18)2)17-8-5-4-6-9-17/h4-6,8-11,16,23H,3,7,12-14H2,1-2H3,(H,21,24). The average molecular weight is 326 g/mol. The molecule has 4 nitrogen and oxygen atoms in total. The number of amides is 1. The van der Waals surface area contributed by atoms with Crippen LogP contribution in [0.25, 0.3) is 11.3 Å². The minimum Gasteiger partial charge on any atom is -0.396 e. The lowest BCUT2D eigenvalue weighted by Crippen LogP contribution is -2.30. The molecule has 1 aromatic heterocycles. The molecule has 0 aliphatic rings. The van der Waals surface area contributed by atoms with Crippen LogP contribution in [0.3, 0.4) is 0 Å². The molecular weight excluding hydrogens is 300 g/mol. The third kappa shape index (κ3) is 4.90. The smallest absolute Gasteiger partial charge is 0.253 e. The highest BCUT2D eigenvalue weighted by Gasteiger charge is 2.14. The van der Waals surface area contributed by atoms with Crippen molar-refractivity contribution < 1.29 is 9.90 Å². The van der Waals surface area contributed by atoms with Gasteiger partial charge in [-0.25, -0.2) is 0 Å². The lowest BCUT2D eigenvalue weighted by molar-refractivity contribution is 0.0942. The second-order valence-electron chi connectivity index (χ2n) is 6.07. The van der Waals surface area contributed by atoms with E-state index in [1.807, 2.05) is 49.4 Å². The van der Waals surface area contributed by atoms with Crippen LogP contribution in [0.4, 0.5) is 0 Å². The van der Waals surface area contributed by atoms with Gasteiger partial charge >= 0.3 is 0 Å². The Hall–Kier alpha value is -2.20. The molecule has 1 atom stereocenters. The van der Waals surface area contributed by atoms with Crippen molar-refractivity contribution in [2.24, 2.45) is 5.92 Å². The Morgan fingerprint density at radius 2 is 1.92 bits per heavy atom. The molecule has 4 heteroatoms. The number of nitrogens with one attached hydrogen (secondary N) is 1. The van der Waals surface area contributed by atoms with Crippen molar-refractivity contribution in [1.82, 2.24) is 10.3 Å². The van der Waals surface area contributed by atoms with E-state index < -0.39 is 0 Å². The van der Waals surface area contributed by atoms with Crippen LogP contribution in [0, 0.1) is 12.8 Å². The fourth-order valence-corrected chi connectivity index (χ4v) is 2.84. The van der Waals surface area contributed by atoms with Gasteiger partial charge in [-0.15, -0.1) is 0 Å². The summed E-state index contributed by atoms with van der Waals surface area (Å²) in [7, 11) is 0. The normalized spacial score (nSPS) is 12.0. The van der Waals surface area contributed by atoms with Crippen molar-refractivity contribution >= 4 is 5.91 Å². The van der Waals surface area contributed by atoms with Crippen molar-refractivity contribution in [3.05, 3.63) is 53.7 Å². The molecule has 0 aliphatic heterocycles. The highest BCUT2D eigenvalue weighted by atomic mass is 16.3. The number of aliphatic hydroxyl groups excluding tert-OH is 1. The van der Waals surface area contributed by atoms with Gasteiger partial charge in [0.05, 0.1) is 17.0 Å². The summed E-state index contributed by atoms with van der Waals surface area (Å²) in [6.07, 6.45) is 2.77. The molecule has 1 aromatic carbocycles. The summed E-state index contributed by atoms with van der Waals surface area (Å²) in [5.74, 6) is 0.222. The highest BCUT2D eigenvalue weighted by molar-refractivity contribution is 5.95. The number of hydrogen-bond acceptors (Lipinski definition) is 3. The number of benzene rings is 1. The maximum atomic E-state index is 12.4. The van der Waals surface area contributed by atoms with E-state index in [9.17, 15) is 4.79 Å². The molecule has 0 spiro atoms. The van der Waals surface area contributed by atoms with Gasteiger partial charge in [-0.2, -0.15) is 0 Å². The zero-order valence-corrected chi connectivity index (χ0v) is 14.5. The van der Waals surface area contributed by atoms with Crippen LogP contribution in [0.15, 0.2) is 42.5 Å². The minimum absolute atomic E-state index is 0.0985. The minimum atomic E-state index is -0.0985. The molecule has 0 fully saturated rings. The first-order valence-corrected chi connectivity index (χ1v) is 8.57. The van der Waals surface area contributed by atoms with Gasteiger partial charge in [0.25, 0.3) is 5.91 Å². The lowest BCUT2D eigenvalue weighted by Gasteiger charge is -2.16. The number of aromatic nitrogens is 1. The van der Waals surface area contributed by atoms with Crippen LogP contribution in [-0.2, 0) is 0 Å². The summed E-state index contributed by atoms with van der Waals surface area (Å²) in [6, 6.07) is 13.6. The van der Waals surface area contributed by atoms with E-state index in [1.165, 1.54) is 0 Å². The Morgan fingerprint density at radius 3 is 2.54 bits per heavy atom. The maximum Gasteiger partial charge on any atom is 0.253 e. The average Bonchev–Trinajstić information content (AvgIpc) is 2.60. The van der Waals surface area contributed by atoms with Gasteiger partial charge in [-0.05, 0) is 37.8 Å². The largest absolute Gasteiger partial charge is 0.396 e. The summed E-state index contributed by atoms with van der Waals surface area (Å²) in [6.45, 7) is 4.72. The van der Waals surface area contributed by atoms with E-state index in [0.717, 1.165) is 36.2 Å². The van der Waals surface area contributed by atoms with Crippen molar-refractivity contribution in [1.29, 1.82) is 0 Å². The summed E-state index contributed by atoms with van der Waals surface area (Å²) < 4.78 is 0. The number of nitrogens with zero attached hydrogens (tertiary/aromatic N) is 1. The first kappa shape index (κ1) is 18.1. The van der Waals surface area contributed by atoms with Crippen LogP contribution < -0.4 is 5.32 Å². The molecule has 128 valence electrons. The van der Waals surface area contributed by atoms with E-state index in [2.05, 4.69) is 17.2 Å². The number of aryl methyl sites for hydroxylation is 1. The van der Waals surface area contributed by atoms with Crippen LogP contribution >= 0.6 is 0 Å². The Balaban J connectivity index is 2.05. The second kappa shape index (κ2) is 9.18. The van der Waals surface area contributed by atoms with Gasteiger partial charge in [0.1, 0.15) is 0 Å². The van der Waals surface area contributed by atoms with Gasteiger partial charge in [0.2, 0.25) is 0 Å². The summed E-state index contributed by atoms with van der Waals surface area (Å²) >= 11 is 0. The first-order valence-electron chi connectivity index (χ1n) is 8.57. The monoisotopic (exact) mass is 326 g/mol. The summed E-state index contributed by atoms with van der Waals surface area (Å²) in [5, 5.41) is 12.1. The molecule has 0 radical (unpaired) electrons. The molecule has 24 heavy (non-hydrogen) atoms. The Labute approximate surface area is 143 Å². The molecule has 0 saturated carbocycles. The molecule has 2 aromatic rings. The number of carbonyl (C=O) groups excluding carboxylic acids is 1. The molecule has 0 aliphatic carbocycles. The zero-order valence-electron chi connectivity index (χ0n) is 14.5. The van der Waals surface area contributed by atoms with Gasteiger partial charge in [0, 0.05) is 18.7 Å². The van der Waals surface area contributed by atoms with E-state index in [-0.39, 0.29) is 12.5 Å². The maximum absolute atomic E-state index is 12.4. The number of carbonyl (C=O) groups is 1. The second-order valence-corrected chi connectivity index (χ2v) is 6.07. The van der Waals surface area contributed by atoms with Crippen molar-refractivity contribution in [2.75, 3.05) is 13.2 Å². The van der Waals surface area contributed by atoms with Crippen molar-refractivity contribution in [2.45, 2.75) is 33.1 Å². The van der Waals surface area contributed by atoms with Crippen LogP contribution in [0.5, 0.6) is 0 Å². The molecule has 1 amide bonds. The van der Waals surface area contributed by atoms with E-state index in [4.69, 9.17) is 5.11 Å². The summed E-state index contributed by atoms with van der Waals surface area (Å²) in [4.78, 5) is 17.0. The number of rotatable bonds is 8. The quantitative estimate of drug-likeness (QED) is 0.779. The third-order valence-electron chi connectivity index (χ3n) is 4.19. The Bertz CT molecular complexity index is 650. The highest BCUT2D eigenvalue weighted by Crippen LogP contribution is 2.18. The molecule has 2 rings (SSSR count). The van der Waals surface area contributed by atoms with Gasteiger partial charge in [0.15, 0.2) is 0 Å². The predicted molar refractivity (Wildman–Crippen MR) is 96.8 cm³/mol. The predicted octanol–water partition coefficient (Wildman–Crippen LogP) is 3.59. The Morgan fingerprint density at radius 1 is 1.17 bits per heavy atom. The van der Waals surface area contributed by atoms with Crippen LogP contribution in [0.2, 0.25) is 0 Å². The van der Waals surface area contributed by atoms with Crippen molar-refractivity contribution in [3.8, 4) is 11.3 Å². The van der Waals surface area contributed by atoms with Gasteiger partial charge in [-0.3, -0.25) is 9.78 Å². The fourth-order valence-electron chi connectivity index (χ4n) is 2.84. The molecule has 0 saturated heterocycles. The van der Waals surface area contributed by atoms with Crippen molar-refractivity contribution in [3.63, 3.8) is 0 Å². The number of aliphatic hydroxyl groups is 1. The SMILES string of the molecule is CCCC(CCO)CNC(=O)c1ccc(-c2ccccc2)nc1C. The lowest BCUT2D eigenvalue weighted by atomic mass is 10.00. The van der Waals surface area contributed by atoms with E-state index >= 15 is 0 Å². The van der Waals surface area contributed by atoms with E-state index in [1.54, 1.807) is 0 Å². The van der Waals surface area contributed by atoms with E-state index in [0.29, 0.717) is 18.0 Å². The van der Waals surface area contributed by atoms with Crippen LogP contribution in [-0.4, -0.2) is 29.1 Å². The van der Waals surface area contributed by atoms with Crippen LogP contribution in [0.1, 0.15) is 42.2 Å². The topological polar surface area (TPSA) is 62.2 Å². The molecule has 0 bridgehead atoms. The number of hydrogen-bond donors (Lipinski definition) is 2.